The number of hydrogen-bond donors (Lipinski definition) is 1. The first-order valence-electron chi connectivity index (χ1n) is 7.25. The second kappa shape index (κ2) is 6.35. The van der Waals surface area contributed by atoms with Gasteiger partial charge in [-0.25, -0.2) is 0 Å². The predicted molar refractivity (Wildman–Crippen MR) is 81.8 cm³/mol. The second-order valence-corrected chi connectivity index (χ2v) is 5.85. The van der Waals surface area contributed by atoms with Crippen LogP contribution in [0, 0.1) is 5.41 Å². The van der Waals surface area contributed by atoms with E-state index in [0.717, 1.165) is 25.9 Å². The molecule has 0 unspecified atom stereocenters. The molecule has 5 heteroatoms. The maximum atomic E-state index is 12.7. The number of hydrogen-bond acceptors (Lipinski definition) is 4. The molecule has 1 amide bonds. The lowest BCUT2D eigenvalue weighted by atomic mass is 9.80. The standard InChI is InChI=1S/C16H24N2O3/c1-16(11-17)7-9-18(10-8-16)15(19)12-5-4-6-13(20-2)14(12)21-3/h4-6H,7-11,17H2,1-3H3. The Labute approximate surface area is 126 Å². The number of piperidine rings is 1. The third-order valence-electron chi connectivity index (χ3n) is 4.38. The highest BCUT2D eigenvalue weighted by Gasteiger charge is 2.32. The Bertz CT molecular complexity index is 508. The lowest BCUT2D eigenvalue weighted by molar-refractivity contribution is 0.0614. The number of nitrogens with zero attached hydrogens (tertiary/aromatic N) is 1. The summed E-state index contributed by atoms with van der Waals surface area (Å²) in [5, 5.41) is 0. The summed E-state index contributed by atoms with van der Waals surface area (Å²) in [5.41, 5.74) is 6.51. The molecule has 1 heterocycles. The Morgan fingerprint density at radius 2 is 1.95 bits per heavy atom. The average Bonchev–Trinajstić information content (AvgIpc) is 2.54. The largest absolute Gasteiger partial charge is 0.493 e. The predicted octanol–water partition coefficient (Wildman–Crippen LogP) is 1.90. The number of benzene rings is 1. The number of ether oxygens (including phenoxy) is 2. The van der Waals surface area contributed by atoms with Crippen molar-refractivity contribution in [2.75, 3.05) is 33.9 Å². The van der Waals surface area contributed by atoms with Crippen molar-refractivity contribution < 1.29 is 14.3 Å². The van der Waals surface area contributed by atoms with E-state index in [4.69, 9.17) is 15.2 Å². The fourth-order valence-corrected chi connectivity index (χ4v) is 2.68. The van der Waals surface area contributed by atoms with Gasteiger partial charge in [0.25, 0.3) is 5.91 Å². The number of rotatable bonds is 4. The van der Waals surface area contributed by atoms with Gasteiger partial charge in [0.2, 0.25) is 0 Å². The summed E-state index contributed by atoms with van der Waals surface area (Å²) in [7, 11) is 3.12. The van der Waals surface area contributed by atoms with Gasteiger partial charge in [-0.1, -0.05) is 13.0 Å². The summed E-state index contributed by atoms with van der Waals surface area (Å²) in [4.78, 5) is 14.6. The summed E-state index contributed by atoms with van der Waals surface area (Å²) >= 11 is 0. The normalized spacial score (nSPS) is 17.4. The molecule has 21 heavy (non-hydrogen) atoms. The van der Waals surface area contributed by atoms with Crippen molar-refractivity contribution in [3.8, 4) is 11.5 Å². The molecule has 1 saturated heterocycles. The van der Waals surface area contributed by atoms with E-state index in [0.29, 0.717) is 23.6 Å². The van der Waals surface area contributed by atoms with Crippen LogP contribution in [-0.4, -0.2) is 44.7 Å². The molecule has 0 spiro atoms. The van der Waals surface area contributed by atoms with Gasteiger partial charge >= 0.3 is 0 Å². The van der Waals surface area contributed by atoms with Gasteiger partial charge in [-0.3, -0.25) is 4.79 Å². The molecule has 1 aromatic carbocycles. The number of methoxy groups -OCH3 is 2. The maximum absolute atomic E-state index is 12.7. The lowest BCUT2D eigenvalue weighted by Gasteiger charge is -2.38. The smallest absolute Gasteiger partial charge is 0.257 e. The molecular weight excluding hydrogens is 268 g/mol. The molecule has 2 N–H and O–H groups in total. The van der Waals surface area contributed by atoms with Crippen LogP contribution in [0.15, 0.2) is 18.2 Å². The Kier molecular flexibility index (Phi) is 4.73. The quantitative estimate of drug-likeness (QED) is 0.920. The molecule has 116 valence electrons. The van der Waals surface area contributed by atoms with Crippen molar-refractivity contribution in [3.05, 3.63) is 23.8 Å². The van der Waals surface area contributed by atoms with Crippen LogP contribution < -0.4 is 15.2 Å². The molecule has 0 radical (unpaired) electrons. The van der Waals surface area contributed by atoms with E-state index in [1.807, 2.05) is 11.0 Å². The summed E-state index contributed by atoms with van der Waals surface area (Å²) in [6, 6.07) is 5.38. The van der Waals surface area contributed by atoms with Crippen LogP contribution in [0.2, 0.25) is 0 Å². The van der Waals surface area contributed by atoms with Crippen LogP contribution in [0.3, 0.4) is 0 Å². The number of amides is 1. The van der Waals surface area contributed by atoms with Crippen molar-refractivity contribution in [3.63, 3.8) is 0 Å². The van der Waals surface area contributed by atoms with Gasteiger partial charge in [-0.2, -0.15) is 0 Å². The Hall–Kier alpha value is -1.75. The zero-order valence-corrected chi connectivity index (χ0v) is 13.0. The first-order chi connectivity index (χ1) is 10.0. The Balaban J connectivity index is 2.18. The molecule has 0 aliphatic carbocycles. The molecule has 1 aliphatic heterocycles. The van der Waals surface area contributed by atoms with Gasteiger partial charge < -0.3 is 20.1 Å². The molecule has 1 aromatic rings. The lowest BCUT2D eigenvalue weighted by Crippen LogP contribution is -2.44. The fourth-order valence-electron chi connectivity index (χ4n) is 2.68. The number of nitrogens with two attached hydrogens (primary N) is 1. The second-order valence-electron chi connectivity index (χ2n) is 5.85. The van der Waals surface area contributed by atoms with Gasteiger partial charge in [0.1, 0.15) is 0 Å². The topological polar surface area (TPSA) is 64.8 Å². The molecule has 0 aromatic heterocycles. The third-order valence-corrected chi connectivity index (χ3v) is 4.38. The van der Waals surface area contributed by atoms with E-state index in [2.05, 4.69) is 6.92 Å². The number of para-hydroxylation sites is 1. The molecule has 0 bridgehead atoms. The van der Waals surface area contributed by atoms with Crippen LogP contribution in [0.25, 0.3) is 0 Å². The van der Waals surface area contributed by atoms with E-state index in [1.54, 1.807) is 26.4 Å². The molecule has 2 rings (SSSR count). The molecule has 1 aliphatic rings. The monoisotopic (exact) mass is 292 g/mol. The Morgan fingerprint density at radius 1 is 1.29 bits per heavy atom. The molecule has 0 atom stereocenters. The van der Waals surface area contributed by atoms with Crippen LogP contribution in [0.4, 0.5) is 0 Å². The summed E-state index contributed by atoms with van der Waals surface area (Å²) < 4.78 is 10.6. The van der Waals surface area contributed by atoms with Crippen molar-refractivity contribution >= 4 is 5.91 Å². The van der Waals surface area contributed by atoms with Crippen molar-refractivity contribution in [1.29, 1.82) is 0 Å². The first-order valence-corrected chi connectivity index (χ1v) is 7.25. The highest BCUT2D eigenvalue weighted by atomic mass is 16.5. The van der Waals surface area contributed by atoms with Gasteiger partial charge in [0, 0.05) is 13.1 Å². The summed E-state index contributed by atoms with van der Waals surface area (Å²) in [6.45, 7) is 4.30. The van der Waals surface area contributed by atoms with Gasteiger partial charge in [-0.05, 0) is 36.9 Å². The van der Waals surface area contributed by atoms with Gasteiger partial charge in [-0.15, -0.1) is 0 Å². The zero-order valence-electron chi connectivity index (χ0n) is 13.0. The molecule has 5 nitrogen and oxygen atoms in total. The zero-order chi connectivity index (χ0) is 15.5. The number of carbonyl (C=O) groups is 1. The van der Waals surface area contributed by atoms with Crippen molar-refractivity contribution in [2.24, 2.45) is 11.1 Å². The van der Waals surface area contributed by atoms with E-state index in [9.17, 15) is 4.79 Å². The highest BCUT2D eigenvalue weighted by molar-refractivity contribution is 5.97. The molecule has 1 fully saturated rings. The van der Waals surface area contributed by atoms with E-state index >= 15 is 0 Å². The van der Waals surface area contributed by atoms with Gasteiger partial charge in [0.15, 0.2) is 11.5 Å². The van der Waals surface area contributed by atoms with E-state index in [1.165, 1.54) is 0 Å². The van der Waals surface area contributed by atoms with Crippen LogP contribution in [0.5, 0.6) is 11.5 Å². The van der Waals surface area contributed by atoms with E-state index < -0.39 is 0 Å². The Morgan fingerprint density at radius 3 is 2.48 bits per heavy atom. The summed E-state index contributed by atoms with van der Waals surface area (Å²) in [5.74, 6) is 1.06. The fraction of sp³-hybridized carbons (Fsp3) is 0.562. The highest BCUT2D eigenvalue weighted by Crippen LogP contribution is 2.34. The number of likely N-dealkylation sites (tertiary alicyclic amines) is 1. The average molecular weight is 292 g/mol. The number of carbonyl (C=O) groups excluding carboxylic acids is 1. The van der Waals surface area contributed by atoms with Crippen LogP contribution in [0.1, 0.15) is 30.1 Å². The maximum Gasteiger partial charge on any atom is 0.257 e. The SMILES string of the molecule is COc1cccc(C(=O)N2CCC(C)(CN)CC2)c1OC. The van der Waals surface area contributed by atoms with Gasteiger partial charge in [0.05, 0.1) is 19.8 Å². The van der Waals surface area contributed by atoms with Crippen LogP contribution in [-0.2, 0) is 0 Å². The van der Waals surface area contributed by atoms with E-state index in [-0.39, 0.29) is 11.3 Å². The summed E-state index contributed by atoms with van der Waals surface area (Å²) in [6.07, 6.45) is 1.86. The van der Waals surface area contributed by atoms with Crippen molar-refractivity contribution in [1.82, 2.24) is 4.90 Å². The van der Waals surface area contributed by atoms with Crippen LogP contribution >= 0.6 is 0 Å². The third kappa shape index (κ3) is 3.13. The molecule has 0 saturated carbocycles. The van der Waals surface area contributed by atoms with Crippen molar-refractivity contribution in [2.45, 2.75) is 19.8 Å². The minimum Gasteiger partial charge on any atom is -0.493 e. The molecular formula is C16H24N2O3. The minimum absolute atomic E-state index is 0.00942. The first kappa shape index (κ1) is 15.6. The minimum atomic E-state index is -0.00942.